The van der Waals surface area contributed by atoms with Gasteiger partial charge in [-0.15, -0.1) is 0 Å². The number of alkyl halides is 1. The summed E-state index contributed by atoms with van der Waals surface area (Å²) < 4.78 is 4.66. The summed E-state index contributed by atoms with van der Waals surface area (Å²) in [5, 5.41) is 0. The number of amidine groups is 1. The number of likely N-dealkylation sites (N-methyl/N-ethyl adjacent to an activating group) is 1. The summed E-state index contributed by atoms with van der Waals surface area (Å²) in [6.07, 6.45) is 0.699. The maximum Gasteiger partial charge on any atom is 0.373 e. The molecule has 0 bridgehead atoms. The largest absolute Gasteiger partial charge is 0.463 e. The normalized spacial score (nSPS) is 13.3. The summed E-state index contributed by atoms with van der Waals surface area (Å²) in [5.74, 6) is -0.202. The fraction of sp³-hybridized carbons (Fsp3) is 0.600. The number of aliphatic imine (C=N–C) groups is 1. The maximum absolute atomic E-state index is 11.5. The lowest BCUT2D eigenvalue weighted by atomic mass is 10.4. The molecule has 0 fully saturated rings. The molecule has 0 rings (SSSR count). The van der Waals surface area contributed by atoms with Crippen LogP contribution in [0.5, 0.6) is 0 Å². The molecule has 0 aromatic heterocycles. The molecule has 0 aromatic rings. The number of ether oxygens (including phenoxy) is 1. The van der Waals surface area contributed by atoms with Crippen molar-refractivity contribution in [1.82, 2.24) is 4.90 Å². The highest BCUT2D eigenvalue weighted by molar-refractivity contribution is 9.09. The van der Waals surface area contributed by atoms with Crippen LogP contribution in [0.2, 0.25) is 0 Å². The van der Waals surface area contributed by atoms with E-state index in [4.69, 9.17) is 0 Å². The van der Waals surface area contributed by atoms with E-state index in [0.717, 1.165) is 0 Å². The summed E-state index contributed by atoms with van der Waals surface area (Å²) in [6, 6.07) is 0. The van der Waals surface area contributed by atoms with Crippen molar-refractivity contribution in [3.05, 3.63) is 12.3 Å². The van der Waals surface area contributed by atoms with Gasteiger partial charge in [0.05, 0.1) is 12.1 Å². The number of hydrogen-bond donors (Lipinski definition) is 0. The third-order valence-electron chi connectivity index (χ3n) is 1.91. The number of rotatable bonds is 3. The van der Waals surface area contributed by atoms with E-state index in [-0.39, 0.29) is 10.8 Å². The van der Waals surface area contributed by atoms with E-state index in [1.165, 1.54) is 7.11 Å². The van der Waals surface area contributed by atoms with Crippen LogP contribution in [0.15, 0.2) is 17.3 Å². The molecule has 0 saturated carbocycles. The first kappa shape index (κ1) is 14.2. The van der Waals surface area contributed by atoms with Crippen LogP contribution in [0.3, 0.4) is 0 Å². The molecule has 0 aliphatic rings. The molecule has 0 saturated heterocycles. The fourth-order valence-electron chi connectivity index (χ4n) is 0.757. The van der Waals surface area contributed by atoms with E-state index in [1.54, 1.807) is 11.9 Å². The molecule has 86 valence electrons. The lowest BCUT2D eigenvalue weighted by Crippen LogP contribution is -2.37. The van der Waals surface area contributed by atoms with Gasteiger partial charge < -0.3 is 9.64 Å². The van der Waals surface area contributed by atoms with Gasteiger partial charge in [0.2, 0.25) is 5.84 Å². The summed E-state index contributed by atoms with van der Waals surface area (Å²) in [7, 11) is 3.09. The van der Waals surface area contributed by atoms with E-state index < -0.39 is 5.97 Å². The average Bonchev–Trinajstić information content (AvgIpc) is 2.23. The van der Waals surface area contributed by atoms with Crippen LogP contribution in [0.25, 0.3) is 0 Å². The van der Waals surface area contributed by atoms with Gasteiger partial charge in [-0.3, -0.25) is 0 Å². The number of methoxy groups -OCH3 is 1. The smallest absolute Gasteiger partial charge is 0.373 e. The van der Waals surface area contributed by atoms with Gasteiger partial charge in [-0.25, -0.2) is 9.79 Å². The van der Waals surface area contributed by atoms with Crippen LogP contribution < -0.4 is 0 Å². The zero-order valence-corrected chi connectivity index (χ0v) is 11.2. The quantitative estimate of drug-likeness (QED) is 0.261. The van der Waals surface area contributed by atoms with E-state index in [9.17, 15) is 4.79 Å². The molecule has 0 aliphatic heterocycles. The minimum atomic E-state index is -0.460. The Bertz CT molecular complexity index is 275. The molecule has 0 heterocycles. The molecular weight excluding hydrogens is 260 g/mol. The van der Waals surface area contributed by atoms with Gasteiger partial charge in [-0.1, -0.05) is 29.4 Å². The van der Waals surface area contributed by atoms with Crippen LogP contribution >= 0.6 is 15.9 Å². The Balaban J connectivity index is 4.97. The molecule has 0 amide bonds. The van der Waals surface area contributed by atoms with Crippen molar-refractivity contribution >= 4 is 27.7 Å². The van der Waals surface area contributed by atoms with Crippen molar-refractivity contribution in [2.75, 3.05) is 14.2 Å². The fourth-order valence-corrected chi connectivity index (χ4v) is 0.951. The van der Waals surface area contributed by atoms with E-state index >= 15 is 0 Å². The van der Waals surface area contributed by atoms with Crippen LogP contribution in [-0.2, 0) is 9.53 Å². The Labute approximate surface area is 99.1 Å². The number of halogens is 1. The number of allylic oxidation sites excluding steroid dienone is 1. The lowest BCUT2D eigenvalue weighted by molar-refractivity contribution is -0.133. The van der Waals surface area contributed by atoms with Crippen LogP contribution in [0.4, 0.5) is 0 Å². The molecule has 0 aliphatic carbocycles. The average molecular weight is 277 g/mol. The molecule has 0 radical (unpaired) electrons. The number of carbonyl (C=O) groups excluding carboxylic acids is 1. The second-order valence-corrected chi connectivity index (χ2v) is 4.36. The Morgan fingerprint density at radius 2 is 2.20 bits per heavy atom. The molecule has 1 atom stereocenters. The topological polar surface area (TPSA) is 41.9 Å². The van der Waals surface area contributed by atoms with Crippen molar-refractivity contribution in [3.63, 3.8) is 0 Å². The minimum absolute atomic E-state index is 0.00000567. The van der Waals surface area contributed by atoms with E-state index in [0.29, 0.717) is 12.1 Å². The van der Waals surface area contributed by atoms with Gasteiger partial charge >= 0.3 is 5.97 Å². The summed E-state index contributed by atoms with van der Waals surface area (Å²) in [5.41, 5.74) is 0.649. The predicted octanol–water partition coefficient (Wildman–Crippen LogP) is 2.15. The van der Waals surface area contributed by atoms with Crippen molar-refractivity contribution in [3.8, 4) is 0 Å². The highest BCUT2D eigenvalue weighted by Crippen LogP contribution is 2.08. The standard InChI is InChI=1S/C10H17BrN2O2/c1-6-7(2)12-9(10(14)15-5)13(4)8(3)11/h8H,2,6H2,1,3-5H3. The van der Waals surface area contributed by atoms with Crippen molar-refractivity contribution in [1.29, 1.82) is 0 Å². The SMILES string of the molecule is C=C(CC)N=C(C(=O)OC)N(C)C(C)Br. The molecular formula is C10H17BrN2O2. The Morgan fingerprint density at radius 1 is 1.67 bits per heavy atom. The van der Waals surface area contributed by atoms with Crippen molar-refractivity contribution in [2.24, 2.45) is 4.99 Å². The van der Waals surface area contributed by atoms with Crippen molar-refractivity contribution < 1.29 is 9.53 Å². The van der Waals surface area contributed by atoms with Gasteiger partial charge in [0.15, 0.2) is 0 Å². The van der Waals surface area contributed by atoms with E-state index in [1.807, 2.05) is 13.8 Å². The zero-order valence-electron chi connectivity index (χ0n) is 9.58. The molecule has 5 heteroatoms. The first-order valence-corrected chi connectivity index (χ1v) is 5.57. The Morgan fingerprint density at radius 3 is 2.53 bits per heavy atom. The molecule has 0 N–H and O–H groups in total. The molecule has 4 nitrogen and oxygen atoms in total. The summed E-state index contributed by atoms with van der Waals surface area (Å²) in [4.78, 5) is 17.3. The third kappa shape index (κ3) is 4.46. The van der Waals surface area contributed by atoms with Crippen LogP contribution in [0, 0.1) is 0 Å². The van der Waals surface area contributed by atoms with Gasteiger partial charge in [0, 0.05) is 12.7 Å². The third-order valence-corrected chi connectivity index (χ3v) is 2.52. The highest BCUT2D eigenvalue weighted by atomic mass is 79.9. The van der Waals surface area contributed by atoms with Gasteiger partial charge in [-0.05, 0) is 13.3 Å². The zero-order chi connectivity index (χ0) is 12.0. The van der Waals surface area contributed by atoms with Crippen LogP contribution in [0.1, 0.15) is 20.3 Å². The second-order valence-electron chi connectivity index (χ2n) is 3.03. The van der Waals surface area contributed by atoms with Gasteiger partial charge in [0.1, 0.15) is 0 Å². The second kappa shape index (κ2) is 6.61. The Hall–Kier alpha value is -0.840. The molecule has 0 aromatic carbocycles. The number of esters is 1. The maximum atomic E-state index is 11.5. The molecule has 1 unspecified atom stereocenters. The summed E-state index contributed by atoms with van der Waals surface area (Å²) >= 11 is 3.36. The first-order valence-electron chi connectivity index (χ1n) is 4.65. The summed E-state index contributed by atoms with van der Waals surface area (Å²) in [6.45, 7) is 7.56. The van der Waals surface area contributed by atoms with Gasteiger partial charge in [0.25, 0.3) is 0 Å². The predicted molar refractivity (Wildman–Crippen MR) is 65.0 cm³/mol. The first-order chi connectivity index (χ1) is 6.93. The molecule has 15 heavy (non-hydrogen) atoms. The van der Waals surface area contributed by atoms with Crippen LogP contribution in [-0.4, -0.2) is 35.8 Å². The highest BCUT2D eigenvalue weighted by Gasteiger charge is 2.19. The lowest BCUT2D eigenvalue weighted by Gasteiger charge is -2.22. The van der Waals surface area contributed by atoms with E-state index in [2.05, 4.69) is 32.2 Å². The number of carbonyl (C=O) groups is 1. The van der Waals surface area contributed by atoms with Gasteiger partial charge in [-0.2, -0.15) is 0 Å². The minimum Gasteiger partial charge on any atom is -0.463 e. The molecule has 0 spiro atoms. The Kier molecular flexibility index (Phi) is 6.24. The number of nitrogens with zero attached hydrogens (tertiary/aromatic N) is 2. The van der Waals surface area contributed by atoms with Crippen molar-refractivity contribution in [2.45, 2.75) is 25.2 Å². The monoisotopic (exact) mass is 276 g/mol. The number of hydrogen-bond acceptors (Lipinski definition) is 3.